The van der Waals surface area contributed by atoms with Crippen molar-refractivity contribution >= 4 is 43.4 Å². The number of fused-ring (bicyclic) bond motifs is 1. The molecule has 0 aliphatic heterocycles. The Balaban J connectivity index is 1.93. The summed E-state index contributed by atoms with van der Waals surface area (Å²) in [5, 5.41) is 0.678. The van der Waals surface area contributed by atoms with Crippen molar-refractivity contribution in [2.24, 2.45) is 5.73 Å². The summed E-state index contributed by atoms with van der Waals surface area (Å²) in [5.74, 6) is -0.412. The second-order valence-electron chi connectivity index (χ2n) is 5.90. The molecule has 0 saturated carbocycles. The van der Waals surface area contributed by atoms with Gasteiger partial charge in [0.25, 0.3) is 0 Å². The first kappa shape index (κ1) is 18.3. The fraction of sp³-hybridized carbons (Fsp3) is 0.176. The summed E-state index contributed by atoms with van der Waals surface area (Å²) in [6.45, 7) is 0. The Hall–Kier alpha value is -2.49. The van der Waals surface area contributed by atoms with Gasteiger partial charge in [0.1, 0.15) is 5.01 Å². The molecule has 26 heavy (non-hydrogen) atoms. The van der Waals surface area contributed by atoms with Gasteiger partial charge in [0.05, 0.1) is 22.3 Å². The molecule has 0 fully saturated rings. The van der Waals surface area contributed by atoms with E-state index in [2.05, 4.69) is 9.71 Å². The second kappa shape index (κ2) is 7.02. The number of nitrogens with zero attached hydrogens (tertiary/aromatic N) is 2. The lowest BCUT2D eigenvalue weighted by atomic mass is 10.1. The average molecular weight is 390 g/mol. The normalized spacial score (nSPS) is 11.8. The molecule has 0 unspecified atom stereocenters. The van der Waals surface area contributed by atoms with Crippen LogP contribution in [0.3, 0.4) is 0 Å². The summed E-state index contributed by atoms with van der Waals surface area (Å²) in [6, 6.07) is 12.9. The number of carbonyl (C=O) groups excluding carboxylic acids is 1. The van der Waals surface area contributed by atoms with Crippen molar-refractivity contribution in [1.82, 2.24) is 9.29 Å². The van der Waals surface area contributed by atoms with Crippen molar-refractivity contribution in [2.45, 2.75) is 6.42 Å². The van der Waals surface area contributed by atoms with Gasteiger partial charge in [0, 0.05) is 14.1 Å². The second-order valence-corrected chi connectivity index (χ2v) is 8.90. The maximum absolute atomic E-state index is 12.0. The van der Waals surface area contributed by atoms with E-state index in [1.54, 1.807) is 18.2 Å². The van der Waals surface area contributed by atoms with Gasteiger partial charge in [0.15, 0.2) is 0 Å². The van der Waals surface area contributed by atoms with Gasteiger partial charge in [-0.2, -0.15) is 12.7 Å². The number of carbonyl (C=O) groups is 1. The van der Waals surface area contributed by atoms with Crippen LogP contribution in [0.4, 0.5) is 5.69 Å². The molecule has 2 aromatic carbocycles. The molecule has 0 spiro atoms. The van der Waals surface area contributed by atoms with Crippen LogP contribution in [0.2, 0.25) is 0 Å². The van der Waals surface area contributed by atoms with Crippen molar-refractivity contribution in [2.75, 3.05) is 18.8 Å². The fourth-order valence-corrected chi connectivity index (χ4v) is 4.00. The van der Waals surface area contributed by atoms with Crippen LogP contribution < -0.4 is 10.5 Å². The van der Waals surface area contributed by atoms with Crippen LogP contribution in [0.15, 0.2) is 42.5 Å². The lowest BCUT2D eigenvalue weighted by molar-refractivity contribution is -0.117. The molecule has 3 rings (SSSR count). The predicted molar refractivity (Wildman–Crippen MR) is 104 cm³/mol. The van der Waals surface area contributed by atoms with Crippen LogP contribution in [0.25, 0.3) is 21.3 Å². The van der Waals surface area contributed by atoms with Crippen LogP contribution in [-0.2, 0) is 21.4 Å². The zero-order chi connectivity index (χ0) is 18.9. The average Bonchev–Trinajstić information content (AvgIpc) is 2.94. The quantitative estimate of drug-likeness (QED) is 0.673. The van der Waals surface area contributed by atoms with Gasteiger partial charge in [-0.05, 0) is 35.4 Å². The first-order chi connectivity index (χ1) is 12.2. The highest BCUT2D eigenvalue weighted by atomic mass is 32.2. The molecule has 0 bridgehead atoms. The molecule has 9 heteroatoms. The highest BCUT2D eigenvalue weighted by molar-refractivity contribution is 7.90. The molecular formula is C17H18N4O3S2. The van der Waals surface area contributed by atoms with E-state index >= 15 is 0 Å². The Bertz CT molecular complexity index is 1070. The first-order valence-corrected chi connectivity index (χ1v) is 9.99. The summed E-state index contributed by atoms with van der Waals surface area (Å²) in [5.41, 5.74) is 8.31. The van der Waals surface area contributed by atoms with Gasteiger partial charge in [-0.1, -0.05) is 18.2 Å². The molecule has 1 heterocycles. The SMILES string of the molecule is CN(C)S(=O)(=O)Nc1cccc(-c2ccc3nc(CC(N)=O)sc3c2)c1. The summed E-state index contributed by atoms with van der Waals surface area (Å²) in [6.07, 6.45) is 0.122. The summed E-state index contributed by atoms with van der Waals surface area (Å²) in [4.78, 5) is 15.5. The van der Waals surface area contributed by atoms with Gasteiger partial charge in [-0.15, -0.1) is 11.3 Å². The monoisotopic (exact) mass is 390 g/mol. The Morgan fingerprint density at radius 1 is 1.19 bits per heavy atom. The van der Waals surface area contributed by atoms with Crippen molar-refractivity contribution in [3.8, 4) is 11.1 Å². The molecule has 3 aromatic rings. The van der Waals surface area contributed by atoms with Crippen LogP contribution >= 0.6 is 11.3 Å². The van der Waals surface area contributed by atoms with E-state index < -0.39 is 16.1 Å². The number of rotatable bonds is 6. The van der Waals surface area contributed by atoms with E-state index in [4.69, 9.17) is 5.73 Å². The maximum atomic E-state index is 12.0. The van der Waals surface area contributed by atoms with Gasteiger partial charge in [-0.25, -0.2) is 4.98 Å². The standard InChI is InChI=1S/C17H18N4O3S2/c1-21(2)26(23,24)20-13-5-3-4-11(8-13)12-6-7-14-15(9-12)25-17(19-14)10-16(18)22/h3-9,20H,10H2,1-2H3,(H2,18,22). The van der Waals surface area contributed by atoms with E-state index in [9.17, 15) is 13.2 Å². The lowest BCUT2D eigenvalue weighted by Crippen LogP contribution is -2.28. The molecule has 0 saturated heterocycles. The molecule has 136 valence electrons. The van der Waals surface area contributed by atoms with Crippen molar-refractivity contribution in [1.29, 1.82) is 0 Å². The molecule has 1 aromatic heterocycles. The summed E-state index contributed by atoms with van der Waals surface area (Å²) >= 11 is 1.42. The van der Waals surface area contributed by atoms with Gasteiger partial charge in [0.2, 0.25) is 5.91 Å². The largest absolute Gasteiger partial charge is 0.369 e. The maximum Gasteiger partial charge on any atom is 0.301 e. The minimum Gasteiger partial charge on any atom is -0.369 e. The third-order valence-corrected chi connectivity index (χ3v) is 6.15. The molecular weight excluding hydrogens is 372 g/mol. The molecule has 7 nitrogen and oxygen atoms in total. The Kier molecular flexibility index (Phi) is 4.94. The molecule has 0 aliphatic rings. The first-order valence-electron chi connectivity index (χ1n) is 7.73. The van der Waals surface area contributed by atoms with Crippen molar-refractivity contribution < 1.29 is 13.2 Å². The predicted octanol–water partition coefficient (Wildman–Crippen LogP) is 2.21. The third-order valence-electron chi connectivity index (χ3n) is 3.68. The molecule has 0 radical (unpaired) electrons. The fourth-order valence-electron chi connectivity index (χ4n) is 2.38. The number of amides is 1. The van der Waals surface area contributed by atoms with Crippen LogP contribution in [0, 0.1) is 0 Å². The summed E-state index contributed by atoms with van der Waals surface area (Å²) in [7, 11) is -0.630. The van der Waals surface area contributed by atoms with E-state index in [0.717, 1.165) is 25.6 Å². The number of primary amides is 1. The van der Waals surface area contributed by atoms with E-state index in [1.807, 2.05) is 24.3 Å². The number of nitrogens with two attached hydrogens (primary N) is 1. The zero-order valence-corrected chi connectivity index (χ0v) is 15.9. The number of aromatic nitrogens is 1. The van der Waals surface area contributed by atoms with E-state index in [-0.39, 0.29) is 6.42 Å². The van der Waals surface area contributed by atoms with E-state index in [1.165, 1.54) is 25.4 Å². The van der Waals surface area contributed by atoms with Crippen molar-refractivity contribution in [3.05, 3.63) is 47.5 Å². The number of nitrogens with one attached hydrogen (secondary N) is 1. The van der Waals surface area contributed by atoms with Crippen LogP contribution in [0.1, 0.15) is 5.01 Å². The number of hydrogen-bond donors (Lipinski definition) is 2. The highest BCUT2D eigenvalue weighted by Crippen LogP contribution is 2.30. The smallest absolute Gasteiger partial charge is 0.301 e. The lowest BCUT2D eigenvalue weighted by Gasteiger charge is -2.14. The van der Waals surface area contributed by atoms with Crippen molar-refractivity contribution in [3.63, 3.8) is 0 Å². The minimum absolute atomic E-state index is 0.122. The Morgan fingerprint density at radius 2 is 1.92 bits per heavy atom. The number of thiazole rings is 1. The Morgan fingerprint density at radius 3 is 2.62 bits per heavy atom. The molecule has 1 amide bonds. The Labute approximate surface area is 155 Å². The topological polar surface area (TPSA) is 105 Å². The van der Waals surface area contributed by atoms with Gasteiger partial charge >= 0.3 is 10.2 Å². The molecule has 0 aliphatic carbocycles. The molecule has 0 atom stereocenters. The number of benzene rings is 2. The van der Waals surface area contributed by atoms with E-state index in [0.29, 0.717) is 10.7 Å². The van der Waals surface area contributed by atoms with Crippen LogP contribution in [0.5, 0.6) is 0 Å². The molecule has 3 N–H and O–H groups in total. The van der Waals surface area contributed by atoms with Crippen LogP contribution in [-0.4, -0.2) is 37.7 Å². The summed E-state index contributed by atoms with van der Waals surface area (Å²) < 4.78 is 28.6. The number of anilines is 1. The highest BCUT2D eigenvalue weighted by Gasteiger charge is 2.13. The van der Waals surface area contributed by atoms with Gasteiger partial charge in [-0.3, -0.25) is 9.52 Å². The number of hydrogen-bond acceptors (Lipinski definition) is 5. The minimum atomic E-state index is -3.56. The van der Waals surface area contributed by atoms with Gasteiger partial charge < -0.3 is 5.73 Å². The zero-order valence-electron chi connectivity index (χ0n) is 14.3. The third kappa shape index (κ3) is 4.01.